The van der Waals surface area contributed by atoms with Crippen LogP contribution in [0.1, 0.15) is 58.6 Å². The molecule has 2 rings (SSSR count). The summed E-state index contributed by atoms with van der Waals surface area (Å²) < 4.78 is 2.01. The molecular formula is C17H31N3. The third-order valence-corrected chi connectivity index (χ3v) is 5.12. The minimum atomic E-state index is 0.498. The maximum absolute atomic E-state index is 4.28. The molecular weight excluding hydrogens is 246 g/mol. The number of nitrogens with one attached hydrogen (secondary N) is 1. The molecule has 1 fully saturated rings. The third-order valence-electron chi connectivity index (χ3n) is 5.12. The number of hydrogen-bond donors (Lipinski definition) is 1. The first-order chi connectivity index (χ1) is 9.54. The fourth-order valence-corrected chi connectivity index (χ4v) is 3.82. The molecule has 1 aromatic heterocycles. The van der Waals surface area contributed by atoms with E-state index in [4.69, 9.17) is 0 Å². The van der Waals surface area contributed by atoms with Crippen molar-refractivity contribution in [3.05, 3.63) is 18.0 Å². The molecule has 2 atom stereocenters. The number of nitrogens with zero attached hydrogens (tertiary/aromatic N) is 2. The van der Waals surface area contributed by atoms with Gasteiger partial charge in [-0.25, -0.2) is 0 Å². The second-order valence-corrected chi connectivity index (χ2v) is 7.03. The molecule has 1 aliphatic carbocycles. The van der Waals surface area contributed by atoms with Crippen molar-refractivity contribution in [2.75, 3.05) is 6.54 Å². The topological polar surface area (TPSA) is 29.9 Å². The molecule has 20 heavy (non-hydrogen) atoms. The number of hydrogen-bond acceptors (Lipinski definition) is 2. The van der Waals surface area contributed by atoms with Gasteiger partial charge in [-0.1, -0.05) is 27.2 Å². The van der Waals surface area contributed by atoms with Crippen LogP contribution in [0.15, 0.2) is 12.3 Å². The van der Waals surface area contributed by atoms with Crippen molar-refractivity contribution in [3.8, 4) is 0 Å². The fourth-order valence-electron chi connectivity index (χ4n) is 3.82. The first-order valence-electron chi connectivity index (χ1n) is 8.25. The van der Waals surface area contributed by atoms with E-state index in [-0.39, 0.29) is 0 Å². The van der Waals surface area contributed by atoms with Crippen LogP contribution in [0.25, 0.3) is 0 Å². The predicted molar refractivity (Wildman–Crippen MR) is 84.7 cm³/mol. The van der Waals surface area contributed by atoms with Crippen molar-refractivity contribution in [2.45, 2.75) is 65.3 Å². The van der Waals surface area contributed by atoms with Gasteiger partial charge >= 0.3 is 0 Å². The maximum Gasteiger partial charge on any atom is 0.0492 e. The summed E-state index contributed by atoms with van der Waals surface area (Å²) in [5.41, 5.74) is 1.85. The van der Waals surface area contributed by atoms with E-state index in [1.54, 1.807) is 0 Å². The van der Waals surface area contributed by atoms with E-state index in [0.717, 1.165) is 18.9 Å². The molecule has 0 spiro atoms. The van der Waals surface area contributed by atoms with Crippen LogP contribution in [0.2, 0.25) is 0 Å². The second kappa shape index (κ2) is 6.75. The molecule has 0 aliphatic heterocycles. The van der Waals surface area contributed by atoms with Gasteiger partial charge in [-0.15, -0.1) is 0 Å². The molecule has 0 saturated heterocycles. The Balaban J connectivity index is 1.98. The lowest BCUT2D eigenvalue weighted by Crippen LogP contribution is -2.41. The Labute approximate surface area is 124 Å². The predicted octanol–water partition coefficient (Wildman–Crippen LogP) is 3.55. The van der Waals surface area contributed by atoms with E-state index >= 15 is 0 Å². The van der Waals surface area contributed by atoms with Crippen molar-refractivity contribution in [1.82, 2.24) is 15.1 Å². The number of rotatable bonds is 7. The van der Waals surface area contributed by atoms with E-state index in [1.165, 1.54) is 37.8 Å². The summed E-state index contributed by atoms with van der Waals surface area (Å²) in [4.78, 5) is 0. The molecule has 2 unspecified atom stereocenters. The molecule has 0 amide bonds. The average molecular weight is 277 g/mol. The Kier molecular flexibility index (Phi) is 5.25. The Hall–Kier alpha value is -0.830. The molecule has 3 heteroatoms. The van der Waals surface area contributed by atoms with Gasteiger partial charge in [0.2, 0.25) is 0 Å². The smallest absolute Gasteiger partial charge is 0.0492 e. The molecule has 114 valence electrons. The zero-order chi connectivity index (χ0) is 14.6. The number of aromatic nitrogens is 2. The number of aryl methyl sites for hydroxylation is 2. The molecule has 0 aromatic carbocycles. The summed E-state index contributed by atoms with van der Waals surface area (Å²) >= 11 is 0. The minimum Gasteiger partial charge on any atom is -0.314 e. The molecule has 0 bridgehead atoms. The van der Waals surface area contributed by atoms with Gasteiger partial charge in [0.15, 0.2) is 0 Å². The molecule has 1 aliphatic rings. The quantitative estimate of drug-likeness (QED) is 0.826. The Morgan fingerprint density at radius 1 is 1.50 bits per heavy atom. The van der Waals surface area contributed by atoms with Crippen molar-refractivity contribution in [2.24, 2.45) is 18.4 Å². The Bertz CT molecular complexity index is 408. The van der Waals surface area contributed by atoms with E-state index in [0.29, 0.717) is 11.5 Å². The Morgan fingerprint density at radius 3 is 2.85 bits per heavy atom. The first kappa shape index (κ1) is 15.6. The van der Waals surface area contributed by atoms with Crippen LogP contribution in [0.4, 0.5) is 0 Å². The van der Waals surface area contributed by atoms with Crippen LogP contribution in [0.3, 0.4) is 0 Å². The average Bonchev–Trinajstić information content (AvgIpc) is 2.96. The summed E-state index contributed by atoms with van der Waals surface area (Å²) in [6.07, 6.45) is 9.65. The van der Waals surface area contributed by atoms with Crippen LogP contribution < -0.4 is 5.32 Å². The minimum absolute atomic E-state index is 0.498. The van der Waals surface area contributed by atoms with E-state index < -0.39 is 0 Å². The first-order valence-corrected chi connectivity index (χ1v) is 8.25. The maximum atomic E-state index is 4.28. The fraction of sp³-hybridized carbons (Fsp3) is 0.824. The molecule has 1 saturated carbocycles. The largest absolute Gasteiger partial charge is 0.314 e. The highest BCUT2D eigenvalue weighted by Gasteiger charge is 2.38. The van der Waals surface area contributed by atoms with Gasteiger partial charge in [0, 0.05) is 25.0 Å². The van der Waals surface area contributed by atoms with Crippen LogP contribution in [0.5, 0.6) is 0 Å². The summed E-state index contributed by atoms with van der Waals surface area (Å²) in [6.45, 7) is 8.30. The van der Waals surface area contributed by atoms with Gasteiger partial charge in [0.05, 0.1) is 0 Å². The van der Waals surface area contributed by atoms with Crippen molar-refractivity contribution in [1.29, 1.82) is 0 Å². The molecule has 1 aromatic rings. The van der Waals surface area contributed by atoms with Gasteiger partial charge in [0.25, 0.3) is 0 Å². The van der Waals surface area contributed by atoms with Crippen LogP contribution >= 0.6 is 0 Å². The zero-order valence-electron chi connectivity index (χ0n) is 13.7. The van der Waals surface area contributed by atoms with Crippen molar-refractivity contribution >= 4 is 0 Å². The molecule has 1 N–H and O–H groups in total. The van der Waals surface area contributed by atoms with Gasteiger partial charge < -0.3 is 5.32 Å². The van der Waals surface area contributed by atoms with Gasteiger partial charge in [0.1, 0.15) is 0 Å². The second-order valence-electron chi connectivity index (χ2n) is 7.03. The van der Waals surface area contributed by atoms with Crippen molar-refractivity contribution in [3.63, 3.8) is 0 Å². The summed E-state index contributed by atoms with van der Waals surface area (Å²) in [6, 6.07) is 2.80. The van der Waals surface area contributed by atoms with Crippen molar-refractivity contribution < 1.29 is 0 Å². The normalized spacial score (nSPS) is 23.1. The summed E-state index contributed by atoms with van der Waals surface area (Å²) in [5, 5.41) is 8.10. The van der Waals surface area contributed by atoms with Gasteiger partial charge in [-0.2, -0.15) is 5.10 Å². The molecule has 0 radical (unpaired) electrons. The van der Waals surface area contributed by atoms with E-state index in [1.807, 2.05) is 17.9 Å². The lowest BCUT2D eigenvalue weighted by Gasteiger charge is -2.35. The third kappa shape index (κ3) is 3.63. The highest BCUT2D eigenvalue weighted by molar-refractivity contribution is 5.02. The van der Waals surface area contributed by atoms with Gasteiger partial charge in [-0.05, 0) is 56.0 Å². The lowest BCUT2D eigenvalue weighted by atomic mass is 9.76. The zero-order valence-corrected chi connectivity index (χ0v) is 13.7. The van der Waals surface area contributed by atoms with E-state index in [9.17, 15) is 0 Å². The Morgan fingerprint density at radius 2 is 2.30 bits per heavy atom. The summed E-state index contributed by atoms with van der Waals surface area (Å²) in [7, 11) is 2.04. The molecule has 1 heterocycles. The van der Waals surface area contributed by atoms with Crippen LogP contribution in [-0.4, -0.2) is 22.4 Å². The molecule has 3 nitrogen and oxygen atoms in total. The van der Waals surface area contributed by atoms with Crippen LogP contribution in [0, 0.1) is 11.3 Å². The highest BCUT2D eigenvalue weighted by Crippen LogP contribution is 2.45. The SMILES string of the molecule is CCCNC(CCc1ccnn1C)C1CCCC1(C)C. The monoisotopic (exact) mass is 277 g/mol. The standard InChI is InChI=1S/C17H31N3/c1-5-12-18-16(15-7-6-11-17(15,2)3)9-8-14-10-13-19-20(14)4/h10,13,15-16,18H,5-9,11-12H2,1-4H3. The lowest BCUT2D eigenvalue weighted by molar-refractivity contribution is 0.189. The summed E-state index contributed by atoms with van der Waals surface area (Å²) in [5.74, 6) is 0.822. The highest BCUT2D eigenvalue weighted by atomic mass is 15.2. The van der Waals surface area contributed by atoms with Crippen LogP contribution in [-0.2, 0) is 13.5 Å². The van der Waals surface area contributed by atoms with Gasteiger partial charge in [-0.3, -0.25) is 4.68 Å². The van der Waals surface area contributed by atoms with E-state index in [2.05, 4.69) is 37.3 Å².